The van der Waals surface area contributed by atoms with Crippen molar-refractivity contribution in [3.8, 4) is 0 Å². The molecule has 1 heterocycles. The van der Waals surface area contributed by atoms with Gasteiger partial charge in [-0.2, -0.15) is 0 Å². The average Bonchev–Trinajstić information content (AvgIpc) is 2.53. The van der Waals surface area contributed by atoms with E-state index in [9.17, 15) is 15.0 Å². The lowest BCUT2D eigenvalue weighted by Crippen LogP contribution is -2.44. The highest BCUT2D eigenvalue weighted by Gasteiger charge is 2.20. The molecule has 2 unspecified atom stereocenters. The third-order valence-corrected chi connectivity index (χ3v) is 4.84. The molecule has 0 radical (unpaired) electrons. The second-order valence-electron chi connectivity index (χ2n) is 5.70. The van der Waals surface area contributed by atoms with Crippen LogP contribution in [0.2, 0.25) is 0 Å². The summed E-state index contributed by atoms with van der Waals surface area (Å²) in [4.78, 5) is 15.5. The number of rotatable bonds is 5. The molecule has 1 saturated heterocycles. The van der Waals surface area contributed by atoms with Crippen molar-refractivity contribution in [2.24, 2.45) is 0 Å². The standard InChI is InChI=1S/C16H24N2O3S/c1-12(19)22-11-15(20)16(21)13-3-5-14(6-4-13)18-9-7-17(2)8-10-18/h3-6,15-16,20-21H,7-11H2,1-2H3. The molecule has 2 rings (SSSR count). The largest absolute Gasteiger partial charge is 0.389 e. The fourth-order valence-electron chi connectivity index (χ4n) is 2.46. The number of carbonyl (C=O) groups excluding carboxylic acids is 1. The molecule has 0 saturated carbocycles. The Kier molecular flexibility index (Phi) is 6.26. The van der Waals surface area contributed by atoms with E-state index >= 15 is 0 Å². The van der Waals surface area contributed by atoms with Gasteiger partial charge in [-0.25, -0.2) is 0 Å². The van der Waals surface area contributed by atoms with Crippen LogP contribution in [0.4, 0.5) is 5.69 Å². The predicted molar refractivity (Wildman–Crippen MR) is 90.3 cm³/mol. The molecular weight excluding hydrogens is 300 g/mol. The molecule has 0 spiro atoms. The van der Waals surface area contributed by atoms with Crippen molar-refractivity contribution in [1.82, 2.24) is 4.90 Å². The van der Waals surface area contributed by atoms with Gasteiger partial charge in [-0.1, -0.05) is 23.9 Å². The first kappa shape index (κ1) is 17.3. The molecular formula is C16H24N2O3S. The van der Waals surface area contributed by atoms with Crippen LogP contribution < -0.4 is 4.90 Å². The summed E-state index contributed by atoms with van der Waals surface area (Å²) in [5.41, 5.74) is 1.81. The minimum absolute atomic E-state index is 0.0586. The van der Waals surface area contributed by atoms with Gasteiger partial charge in [-0.05, 0) is 24.7 Å². The van der Waals surface area contributed by atoms with Gasteiger partial charge in [0.1, 0.15) is 6.10 Å². The molecule has 1 aromatic carbocycles. The Bertz CT molecular complexity index is 487. The molecule has 1 aromatic rings. The van der Waals surface area contributed by atoms with Gasteiger partial charge in [-0.15, -0.1) is 0 Å². The number of benzene rings is 1. The Morgan fingerprint density at radius 1 is 1.18 bits per heavy atom. The second-order valence-corrected chi connectivity index (χ2v) is 6.89. The minimum Gasteiger partial charge on any atom is -0.389 e. The van der Waals surface area contributed by atoms with E-state index in [0.29, 0.717) is 5.56 Å². The first-order chi connectivity index (χ1) is 10.5. The fraction of sp³-hybridized carbons (Fsp3) is 0.562. The van der Waals surface area contributed by atoms with Crippen molar-refractivity contribution < 1.29 is 15.0 Å². The highest BCUT2D eigenvalue weighted by molar-refractivity contribution is 8.13. The lowest BCUT2D eigenvalue weighted by Gasteiger charge is -2.34. The van der Waals surface area contributed by atoms with E-state index in [1.54, 1.807) is 0 Å². The number of piperazine rings is 1. The maximum absolute atomic E-state index is 10.9. The van der Waals surface area contributed by atoms with Crippen molar-refractivity contribution >= 4 is 22.6 Å². The van der Waals surface area contributed by atoms with Gasteiger partial charge in [0, 0.05) is 44.5 Å². The normalized spacial score (nSPS) is 19.0. The van der Waals surface area contributed by atoms with E-state index in [1.165, 1.54) is 6.92 Å². The Morgan fingerprint density at radius 2 is 1.77 bits per heavy atom. The number of hydrogen-bond donors (Lipinski definition) is 2. The van der Waals surface area contributed by atoms with Crippen LogP contribution in [0.3, 0.4) is 0 Å². The van der Waals surface area contributed by atoms with Crippen molar-refractivity contribution in [3.63, 3.8) is 0 Å². The summed E-state index contributed by atoms with van der Waals surface area (Å²) in [6.07, 6.45) is -1.91. The minimum atomic E-state index is -0.964. The molecule has 1 aliphatic rings. The summed E-state index contributed by atoms with van der Waals surface area (Å²) in [6.45, 7) is 5.54. The van der Waals surface area contributed by atoms with Crippen molar-refractivity contribution in [1.29, 1.82) is 0 Å². The molecule has 2 atom stereocenters. The number of aliphatic hydroxyl groups excluding tert-OH is 2. The molecule has 2 N–H and O–H groups in total. The zero-order valence-electron chi connectivity index (χ0n) is 13.1. The van der Waals surface area contributed by atoms with Gasteiger partial charge in [0.05, 0.1) is 6.10 Å². The van der Waals surface area contributed by atoms with Crippen molar-refractivity contribution in [2.75, 3.05) is 43.9 Å². The number of thioether (sulfide) groups is 1. The number of aliphatic hydroxyl groups is 2. The van der Waals surface area contributed by atoms with E-state index in [-0.39, 0.29) is 10.9 Å². The van der Waals surface area contributed by atoms with Crippen LogP contribution in [0, 0.1) is 0 Å². The van der Waals surface area contributed by atoms with Crippen LogP contribution in [0.5, 0.6) is 0 Å². The van der Waals surface area contributed by atoms with Gasteiger partial charge in [0.15, 0.2) is 5.12 Å². The molecule has 0 aromatic heterocycles. The summed E-state index contributed by atoms with van der Waals surface area (Å²) in [5, 5.41) is 20.0. The Balaban J connectivity index is 1.94. The monoisotopic (exact) mass is 324 g/mol. The molecule has 22 heavy (non-hydrogen) atoms. The van der Waals surface area contributed by atoms with Gasteiger partial charge < -0.3 is 20.0 Å². The molecule has 6 heteroatoms. The van der Waals surface area contributed by atoms with Crippen LogP contribution in [-0.4, -0.2) is 65.3 Å². The fourth-order valence-corrected chi connectivity index (χ4v) is 3.05. The molecule has 5 nitrogen and oxygen atoms in total. The van der Waals surface area contributed by atoms with Crippen LogP contribution in [-0.2, 0) is 4.79 Å². The number of hydrogen-bond acceptors (Lipinski definition) is 6. The van der Waals surface area contributed by atoms with Crippen LogP contribution >= 0.6 is 11.8 Å². The summed E-state index contributed by atoms with van der Waals surface area (Å²) < 4.78 is 0. The second kappa shape index (κ2) is 7.97. The summed E-state index contributed by atoms with van der Waals surface area (Å²) in [7, 11) is 2.12. The quantitative estimate of drug-likeness (QED) is 0.846. The Morgan fingerprint density at radius 3 is 2.32 bits per heavy atom. The zero-order chi connectivity index (χ0) is 16.1. The zero-order valence-corrected chi connectivity index (χ0v) is 13.9. The maximum atomic E-state index is 10.9. The van der Waals surface area contributed by atoms with E-state index in [0.717, 1.165) is 43.6 Å². The SMILES string of the molecule is CC(=O)SCC(O)C(O)c1ccc(N2CCN(C)CC2)cc1. The lowest BCUT2D eigenvalue weighted by molar-refractivity contribution is -0.109. The van der Waals surface area contributed by atoms with E-state index < -0.39 is 12.2 Å². The molecule has 0 bridgehead atoms. The average molecular weight is 324 g/mol. The highest BCUT2D eigenvalue weighted by Crippen LogP contribution is 2.23. The molecule has 1 aliphatic heterocycles. The third-order valence-electron chi connectivity index (χ3n) is 3.92. The highest BCUT2D eigenvalue weighted by atomic mass is 32.2. The first-order valence-corrected chi connectivity index (χ1v) is 8.49. The number of likely N-dealkylation sites (N-methyl/N-ethyl adjacent to an activating group) is 1. The Hall–Kier alpha value is -1.08. The molecule has 1 fully saturated rings. The van der Waals surface area contributed by atoms with Gasteiger partial charge in [0.2, 0.25) is 0 Å². The number of anilines is 1. The third kappa shape index (κ3) is 4.71. The van der Waals surface area contributed by atoms with Crippen molar-refractivity contribution in [2.45, 2.75) is 19.1 Å². The van der Waals surface area contributed by atoms with Crippen LogP contribution in [0.1, 0.15) is 18.6 Å². The maximum Gasteiger partial charge on any atom is 0.185 e. The summed E-state index contributed by atoms with van der Waals surface area (Å²) in [6, 6.07) is 7.66. The number of nitrogens with zero attached hydrogens (tertiary/aromatic N) is 2. The van der Waals surface area contributed by atoms with E-state index in [4.69, 9.17) is 0 Å². The molecule has 122 valence electrons. The molecule has 0 amide bonds. The van der Waals surface area contributed by atoms with Crippen LogP contribution in [0.15, 0.2) is 24.3 Å². The van der Waals surface area contributed by atoms with Gasteiger partial charge >= 0.3 is 0 Å². The Labute approximate surface area is 135 Å². The van der Waals surface area contributed by atoms with Crippen molar-refractivity contribution in [3.05, 3.63) is 29.8 Å². The smallest absolute Gasteiger partial charge is 0.185 e. The van der Waals surface area contributed by atoms with Gasteiger partial charge in [0.25, 0.3) is 0 Å². The van der Waals surface area contributed by atoms with E-state index in [1.807, 2.05) is 24.3 Å². The number of carbonyl (C=O) groups is 1. The van der Waals surface area contributed by atoms with E-state index in [2.05, 4.69) is 16.8 Å². The summed E-state index contributed by atoms with van der Waals surface area (Å²) in [5.74, 6) is 0.205. The topological polar surface area (TPSA) is 64.0 Å². The first-order valence-electron chi connectivity index (χ1n) is 7.50. The predicted octanol–water partition coefficient (Wildman–Crippen LogP) is 1.11. The summed E-state index contributed by atoms with van der Waals surface area (Å²) >= 11 is 1.03. The van der Waals surface area contributed by atoms with Crippen LogP contribution in [0.25, 0.3) is 0 Å². The van der Waals surface area contributed by atoms with Gasteiger partial charge in [-0.3, -0.25) is 4.79 Å². The molecule has 0 aliphatic carbocycles. The lowest BCUT2D eigenvalue weighted by atomic mass is 10.0.